The summed E-state index contributed by atoms with van der Waals surface area (Å²) < 4.78 is 25.7. The zero-order chi connectivity index (χ0) is 18.1. The molecule has 1 aromatic carbocycles. The Balaban J connectivity index is 1.76. The highest BCUT2D eigenvalue weighted by atomic mass is 19.1. The van der Waals surface area contributed by atoms with Crippen LogP contribution in [-0.2, 0) is 11.8 Å². The van der Waals surface area contributed by atoms with Crippen LogP contribution in [0, 0.1) is 19.7 Å². The van der Waals surface area contributed by atoms with E-state index in [0.717, 1.165) is 0 Å². The first-order valence-corrected chi connectivity index (χ1v) is 7.66. The van der Waals surface area contributed by atoms with E-state index in [4.69, 9.17) is 9.26 Å². The Morgan fingerprint density at radius 3 is 2.76 bits per heavy atom. The largest absolute Gasteiger partial charge is 0.449 e. The van der Waals surface area contributed by atoms with Gasteiger partial charge in [-0.05, 0) is 32.4 Å². The smallest absolute Gasteiger partial charge is 0.342 e. The van der Waals surface area contributed by atoms with E-state index in [-0.39, 0.29) is 17.5 Å². The van der Waals surface area contributed by atoms with Gasteiger partial charge in [0.05, 0.1) is 6.20 Å². The Hall–Kier alpha value is -3.03. The summed E-state index contributed by atoms with van der Waals surface area (Å²) in [7, 11) is 1.74. The Labute approximate surface area is 143 Å². The summed E-state index contributed by atoms with van der Waals surface area (Å²) in [5.41, 5.74) is 2.08. The fraction of sp³-hybridized carbons (Fsp3) is 0.294. The van der Waals surface area contributed by atoms with Gasteiger partial charge < -0.3 is 9.26 Å². The monoisotopic (exact) mass is 344 g/mol. The van der Waals surface area contributed by atoms with Crippen LogP contribution in [0.3, 0.4) is 0 Å². The summed E-state index contributed by atoms with van der Waals surface area (Å²) in [5.74, 6) is -0.519. The molecule has 130 valence electrons. The van der Waals surface area contributed by atoms with E-state index in [0.29, 0.717) is 22.4 Å². The molecule has 2 heterocycles. The number of aryl methyl sites for hydroxylation is 2. The number of carbonyl (C=O) groups excluding carboxylic acids is 1. The van der Waals surface area contributed by atoms with Crippen LogP contribution in [-0.4, -0.2) is 25.9 Å². The van der Waals surface area contributed by atoms with Crippen molar-refractivity contribution in [1.29, 1.82) is 0 Å². The summed E-state index contributed by atoms with van der Waals surface area (Å²) in [6, 6.07) is 4.66. The van der Waals surface area contributed by atoms with Crippen LogP contribution < -0.4 is 0 Å². The van der Waals surface area contributed by atoms with Crippen molar-refractivity contribution < 1.29 is 18.4 Å². The summed E-state index contributed by atoms with van der Waals surface area (Å²) in [4.78, 5) is 16.4. The fourth-order valence-electron chi connectivity index (χ4n) is 2.22. The summed E-state index contributed by atoms with van der Waals surface area (Å²) in [6.45, 7) is 5.06. The highest BCUT2D eigenvalue weighted by Crippen LogP contribution is 2.23. The van der Waals surface area contributed by atoms with E-state index in [2.05, 4.69) is 15.2 Å². The second kappa shape index (κ2) is 6.46. The van der Waals surface area contributed by atoms with Crippen molar-refractivity contribution in [3.63, 3.8) is 0 Å². The third kappa shape index (κ3) is 3.28. The molecule has 0 N–H and O–H groups in total. The lowest BCUT2D eigenvalue weighted by molar-refractivity contribution is 0.0264. The molecule has 1 unspecified atom stereocenters. The fourth-order valence-corrected chi connectivity index (χ4v) is 2.22. The molecule has 3 rings (SSSR count). The second-order valence-electron chi connectivity index (χ2n) is 5.73. The molecule has 0 aliphatic heterocycles. The number of halogens is 1. The van der Waals surface area contributed by atoms with Gasteiger partial charge in [0.2, 0.25) is 5.82 Å². The molecule has 7 nitrogen and oxygen atoms in total. The lowest BCUT2D eigenvalue weighted by Crippen LogP contribution is -2.10. The van der Waals surface area contributed by atoms with Crippen LogP contribution >= 0.6 is 0 Å². The number of carbonyl (C=O) groups is 1. The number of rotatable bonds is 4. The van der Waals surface area contributed by atoms with E-state index >= 15 is 0 Å². The number of nitrogens with zero attached hydrogens (tertiary/aromatic N) is 4. The van der Waals surface area contributed by atoms with Crippen molar-refractivity contribution in [2.45, 2.75) is 26.9 Å². The molecule has 0 radical (unpaired) electrons. The summed E-state index contributed by atoms with van der Waals surface area (Å²) >= 11 is 0. The maximum Gasteiger partial charge on any atom is 0.342 e. The molecule has 0 spiro atoms. The molecule has 25 heavy (non-hydrogen) atoms. The minimum atomic E-state index is -0.747. The van der Waals surface area contributed by atoms with E-state index < -0.39 is 12.1 Å². The van der Waals surface area contributed by atoms with Gasteiger partial charge >= 0.3 is 5.97 Å². The average molecular weight is 344 g/mol. The van der Waals surface area contributed by atoms with Gasteiger partial charge in [-0.1, -0.05) is 17.3 Å². The van der Waals surface area contributed by atoms with Gasteiger partial charge in [-0.2, -0.15) is 10.1 Å². The predicted molar refractivity (Wildman–Crippen MR) is 86.2 cm³/mol. The third-order valence-corrected chi connectivity index (χ3v) is 3.96. The van der Waals surface area contributed by atoms with Gasteiger partial charge in [-0.15, -0.1) is 0 Å². The minimum absolute atomic E-state index is 0.130. The zero-order valence-electron chi connectivity index (χ0n) is 14.3. The standard InChI is InChI=1S/C17H17FN4O3/c1-9-5-6-12(7-14(9)18)15-20-16(25-21-15)11(3)24-17(23)13-8-19-22(4)10(13)2/h5-8,11H,1-4H3. The number of benzene rings is 1. The number of esters is 1. The average Bonchev–Trinajstić information content (AvgIpc) is 3.18. The van der Waals surface area contributed by atoms with Crippen molar-refractivity contribution in [2.75, 3.05) is 0 Å². The maximum absolute atomic E-state index is 13.7. The van der Waals surface area contributed by atoms with Crippen LogP contribution in [0.15, 0.2) is 28.9 Å². The lowest BCUT2D eigenvalue weighted by atomic mass is 10.1. The quantitative estimate of drug-likeness (QED) is 0.676. The molecule has 8 heteroatoms. The van der Waals surface area contributed by atoms with Crippen LogP contribution in [0.4, 0.5) is 4.39 Å². The molecular formula is C17H17FN4O3. The van der Waals surface area contributed by atoms with Gasteiger partial charge in [-0.3, -0.25) is 4.68 Å². The molecule has 0 aliphatic rings. The van der Waals surface area contributed by atoms with E-state index in [1.807, 2.05) is 0 Å². The van der Waals surface area contributed by atoms with Crippen molar-refractivity contribution in [2.24, 2.45) is 7.05 Å². The Morgan fingerprint density at radius 1 is 1.36 bits per heavy atom. The lowest BCUT2D eigenvalue weighted by Gasteiger charge is -2.08. The molecule has 0 fully saturated rings. The zero-order valence-corrected chi connectivity index (χ0v) is 14.3. The van der Waals surface area contributed by atoms with Crippen molar-refractivity contribution >= 4 is 5.97 Å². The van der Waals surface area contributed by atoms with Crippen LogP contribution in [0.5, 0.6) is 0 Å². The van der Waals surface area contributed by atoms with Crippen molar-refractivity contribution in [3.8, 4) is 11.4 Å². The SMILES string of the molecule is Cc1ccc(-c2noc(C(C)OC(=O)c3cnn(C)c3C)n2)cc1F. The molecule has 2 aromatic heterocycles. The molecule has 3 aromatic rings. The Morgan fingerprint density at radius 2 is 2.12 bits per heavy atom. The highest BCUT2D eigenvalue weighted by Gasteiger charge is 2.22. The number of aromatic nitrogens is 4. The predicted octanol–water partition coefficient (Wildman–Crippen LogP) is 3.14. The van der Waals surface area contributed by atoms with Gasteiger partial charge in [0, 0.05) is 18.3 Å². The van der Waals surface area contributed by atoms with Gasteiger partial charge in [0.25, 0.3) is 5.89 Å². The molecular weight excluding hydrogens is 327 g/mol. The topological polar surface area (TPSA) is 83.0 Å². The van der Waals surface area contributed by atoms with Crippen LogP contribution in [0.25, 0.3) is 11.4 Å². The Kier molecular flexibility index (Phi) is 4.35. The van der Waals surface area contributed by atoms with Gasteiger partial charge in [0.15, 0.2) is 6.10 Å². The molecule has 0 saturated heterocycles. The molecule has 0 saturated carbocycles. The first kappa shape index (κ1) is 16.8. The van der Waals surface area contributed by atoms with Crippen LogP contribution in [0.2, 0.25) is 0 Å². The molecule has 1 atom stereocenters. The first-order chi connectivity index (χ1) is 11.9. The van der Waals surface area contributed by atoms with E-state index in [1.165, 1.54) is 12.3 Å². The van der Waals surface area contributed by atoms with E-state index in [9.17, 15) is 9.18 Å². The van der Waals surface area contributed by atoms with Crippen LogP contribution in [0.1, 0.15) is 40.5 Å². The number of ether oxygens (including phenoxy) is 1. The molecule has 0 amide bonds. The normalized spacial score (nSPS) is 12.2. The van der Waals surface area contributed by atoms with Crippen molar-refractivity contribution in [1.82, 2.24) is 19.9 Å². The molecule has 0 aliphatic carbocycles. The van der Waals surface area contributed by atoms with E-state index in [1.54, 1.807) is 44.6 Å². The minimum Gasteiger partial charge on any atom is -0.449 e. The highest BCUT2D eigenvalue weighted by molar-refractivity contribution is 5.90. The van der Waals surface area contributed by atoms with Gasteiger partial charge in [0.1, 0.15) is 11.4 Å². The third-order valence-electron chi connectivity index (χ3n) is 3.96. The number of hydrogen-bond acceptors (Lipinski definition) is 6. The van der Waals surface area contributed by atoms with Crippen molar-refractivity contribution in [3.05, 3.63) is 52.9 Å². The summed E-state index contributed by atoms with van der Waals surface area (Å²) in [6.07, 6.45) is 0.697. The second-order valence-corrected chi connectivity index (χ2v) is 5.73. The first-order valence-electron chi connectivity index (χ1n) is 7.66. The Bertz CT molecular complexity index is 932. The maximum atomic E-state index is 13.7. The number of hydrogen-bond donors (Lipinski definition) is 0. The molecule has 0 bridgehead atoms. The summed E-state index contributed by atoms with van der Waals surface area (Å²) in [5, 5.41) is 7.82. The van der Waals surface area contributed by atoms with Gasteiger partial charge in [-0.25, -0.2) is 9.18 Å².